The highest BCUT2D eigenvalue weighted by atomic mass is 35.5. The highest BCUT2D eigenvalue weighted by Gasteiger charge is 2.27. The number of benzene rings is 1. The molecular weight excluding hydrogens is 380 g/mol. The topological polar surface area (TPSA) is 86.0 Å². The molecule has 0 fully saturated rings. The predicted octanol–water partition coefficient (Wildman–Crippen LogP) is 3.45. The van der Waals surface area contributed by atoms with Crippen molar-refractivity contribution in [2.45, 2.75) is 32.5 Å². The minimum absolute atomic E-state index is 0.0206. The molecule has 0 radical (unpaired) electrons. The fourth-order valence-electron chi connectivity index (χ4n) is 2.24. The zero-order valence-corrected chi connectivity index (χ0v) is 15.2. The Hall–Kier alpha value is -2.65. The van der Waals surface area contributed by atoms with Crippen molar-refractivity contribution in [1.29, 1.82) is 0 Å². The van der Waals surface area contributed by atoms with E-state index in [9.17, 15) is 13.9 Å². The van der Waals surface area contributed by atoms with Gasteiger partial charge < -0.3 is 9.84 Å². The van der Waals surface area contributed by atoms with E-state index in [4.69, 9.17) is 16.3 Å². The molecule has 0 spiro atoms. The van der Waals surface area contributed by atoms with Gasteiger partial charge in [0.2, 0.25) is 0 Å². The highest BCUT2D eigenvalue weighted by Crippen LogP contribution is 2.34. The number of rotatable bonds is 6. The summed E-state index contributed by atoms with van der Waals surface area (Å²) >= 11 is 5.85. The molecule has 7 nitrogen and oxygen atoms in total. The summed E-state index contributed by atoms with van der Waals surface area (Å²) in [5.41, 5.74) is 1.13. The minimum Gasteiger partial charge on any atom is -0.457 e. The predicted molar refractivity (Wildman–Crippen MR) is 92.9 cm³/mol. The average molecular weight is 396 g/mol. The van der Waals surface area contributed by atoms with Gasteiger partial charge in [0.25, 0.3) is 5.92 Å². The molecule has 0 aliphatic carbocycles. The third-order valence-electron chi connectivity index (χ3n) is 3.71. The van der Waals surface area contributed by atoms with Crippen LogP contribution in [-0.2, 0) is 12.5 Å². The first-order valence-corrected chi connectivity index (χ1v) is 8.34. The summed E-state index contributed by atoms with van der Waals surface area (Å²) in [7, 11) is 0. The van der Waals surface area contributed by atoms with Gasteiger partial charge in [-0.2, -0.15) is 0 Å². The number of hydrogen-bond donors (Lipinski definition) is 1. The van der Waals surface area contributed by atoms with Crippen LogP contribution in [0.2, 0.25) is 5.02 Å². The molecule has 0 aliphatic heterocycles. The molecule has 1 aromatic carbocycles. The minimum atomic E-state index is -3.07. The van der Waals surface area contributed by atoms with Gasteiger partial charge in [0.05, 0.1) is 18.0 Å². The summed E-state index contributed by atoms with van der Waals surface area (Å²) in [5, 5.41) is 17.3. The maximum Gasteiger partial charge on any atom is 0.316 e. The Labute approximate surface area is 158 Å². The average Bonchev–Trinajstić information content (AvgIpc) is 3.08. The molecule has 1 N–H and O–H groups in total. The standard InChI is InChI=1S/C17H16ClF2N5O2/c1-10(26)11-6-21-16(22-7-11)27-9-12-8-25(24-23-12)13-3-4-15(18)14(5-13)17(2,19)20/h3-8,10,26H,9H2,1-2H3/t10-/m0/s1. The third-order valence-corrected chi connectivity index (χ3v) is 4.04. The van der Waals surface area contributed by atoms with Crippen LogP contribution in [0.5, 0.6) is 6.01 Å². The Balaban J connectivity index is 1.72. The monoisotopic (exact) mass is 395 g/mol. The molecule has 2 aromatic heterocycles. The second-order valence-corrected chi connectivity index (χ2v) is 6.38. The molecule has 0 aliphatic rings. The van der Waals surface area contributed by atoms with Crippen molar-refractivity contribution in [2.75, 3.05) is 0 Å². The zero-order valence-electron chi connectivity index (χ0n) is 14.5. The Morgan fingerprint density at radius 1 is 1.30 bits per heavy atom. The number of ether oxygens (including phenoxy) is 1. The van der Waals surface area contributed by atoms with Crippen LogP contribution in [-0.4, -0.2) is 30.1 Å². The highest BCUT2D eigenvalue weighted by molar-refractivity contribution is 6.31. The number of aliphatic hydroxyl groups excluding tert-OH is 1. The lowest BCUT2D eigenvalue weighted by molar-refractivity contribution is 0.0176. The van der Waals surface area contributed by atoms with E-state index in [-0.39, 0.29) is 23.2 Å². The fourth-order valence-corrected chi connectivity index (χ4v) is 2.52. The van der Waals surface area contributed by atoms with E-state index in [1.807, 2.05) is 0 Å². The summed E-state index contributed by atoms with van der Waals surface area (Å²) in [4.78, 5) is 7.96. The van der Waals surface area contributed by atoms with Gasteiger partial charge in [-0.25, -0.2) is 23.4 Å². The summed E-state index contributed by atoms with van der Waals surface area (Å²) in [6.45, 7) is 2.42. The van der Waals surface area contributed by atoms with Crippen LogP contribution in [0.15, 0.2) is 36.8 Å². The van der Waals surface area contributed by atoms with Crippen LogP contribution in [0.4, 0.5) is 8.78 Å². The Morgan fingerprint density at radius 2 is 2.00 bits per heavy atom. The van der Waals surface area contributed by atoms with Gasteiger partial charge in [0, 0.05) is 35.5 Å². The molecule has 2 heterocycles. The van der Waals surface area contributed by atoms with Crippen LogP contribution < -0.4 is 4.74 Å². The van der Waals surface area contributed by atoms with Crippen molar-refractivity contribution < 1.29 is 18.6 Å². The lowest BCUT2D eigenvalue weighted by atomic mass is 10.1. The quantitative estimate of drug-likeness (QED) is 0.688. The molecule has 0 amide bonds. The van der Waals surface area contributed by atoms with Gasteiger partial charge in [0.1, 0.15) is 12.3 Å². The number of nitrogens with zero attached hydrogens (tertiary/aromatic N) is 5. The van der Waals surface area contributed by atoms with E-state index in [0.29, 0.717) is 16.9 Å². The van der Waals surface area contributed by atoms with Crippen LogP contribution in [0.1, 0.15) is 36.8 Å². The summed E-state index contributed by atoms with van der Waals surface area (Å²) in [5.74, 6) is -3.07. The lowest BCUT2D eigenvalue weighted by Crippen LogP contribution is -2.09. The molecule has 0 saturated heterocycles. The van der Waals surface area contributed by atoms with Crippen molar-refractivity contribution in [3.63, 3.8) is 0 Å². The molecule has 27 heavy (non-hydrogen) atoms. The number of alkyl halides is 2. The third kappa shape index (κ3) is 4.55. The van der Waals surface area contributed by atoms with Crippen molar-refractivity contribution in [3.05, 3.63) is 58.6 Å². The summed E-state index contributed by atoms with van der Waals surface area (Å²) < 4.78 is 34.0. The number of aromatic nitrogens is 5. The summed E-state index contributed by atoms with van der Waals surface area (Å²) in [6, 6.07) is 4.33. The SMILES string of the molecule is C[C@H](O)c1cnc(OCc2cn(-c3ccc(Cl)c(C(C)(F)F)c3)nn2)nc1. The number of hydrogen-bond acceptors (Lipinski definition) is 6. The van der Waals surface area contributed by atoms with Gasteiger partial charge in [-0.05, 0) is 25.1 Å². The zero-order chi connectivity index (χ0) is 19.6. The fraction of sp³-hybridized carbons (Fsp3) is 0.294. The largest absolute Gasteiger partial charge is 0.457 e. The number of halogens is 3. The maximum absolute atomic E-state index is 13.6. The molecule has 0 saturated carbocycles. The first-order chi connectivity index (χ1) is 12.7. The molecule has 142 valence electrons. The second-order valence-electron chi connectivity index (χ2n) is 5.97. The second kappa shape index (κ2) is 7.53. The Bertz CT molecular complexity index is 926. The van der Waals surface area contributed by atoms with E-state index in [2.05, 4.69) is 20.3 Å². The Morgan fingerprint density at radius 3 is 2.63 bits per heavy atom. The molecular formula is C17H16ClF2N5O2. The lowest BCUT2D eigenvalue weighted by Gasteiger charge is -2.13. The van der Waals surface area contributed by atoms with E-state index in [1.54, 1.807) is 19.2 Å². The molecule has 1 atom stereocenters. The van der Waals surface area contributed by atoms with E-state index in [1.165, 1.54) is 29.2 Å². The van der Waals surface area contributed by atoms with Crippen LogP contribution in [0.25, 0.3) is 5.69 Å². The van der Waals surface area contributed by atoms with Gasteiger partial charge in [-0.15, -0.1) is 5.10 Å². The molecule has 0 bridgehead atoms. The first-order valence-electron chi connectivity index (χ1n) is 7.96. The van der Waals surface area contributed by atoms with Crippen molar-refractivity contribution in [3.8, 4) is 11.7 Å². The number of aliphatic hydroxyl groups is 1. The summed E-state index contributed by atoms with van der Waals surface area (Å²) in [6.07, 6.45) is 3.80. The van der Waals surface area contributed by atoms with Crippen molar-refractivity contribution in [1.82, 2.24) is 25.0 Å². The van der Waals surface area contributed by atoms with Crippen molar-refractivity contribution in [2.24, 2.45) is 0 Å². The first kappa shape index (κ1) is 19.1. The smallest absolute Gasteiger partial charge is 0.316 e. The van der Waals surface area contributed by atoms with E-state index < -0.39 is 12.0 Å². The molecule has 3 rings (SSSR count). The van der Waals surface area contributed by atoms with E-state index in [0.717, 1.165) is 6.92 Å². The molecule has 10 heteroatoms. The normalized spacial score (nSPS) is 12.8. The van der Waals surface area contributed by atoms with Gasteiger partial charge in [-0.3, -0.25) is 0 Å². The van der Waals surface area contributed by atoms with Crippen LogP contribution >= 0.6 is 11.6 Å². The maximum atomic E-state index is 13.6. The van der Waals surface area contributed by atoms with Gasteiger partial charge in [-0.1, -0.05) is 16.8 Å². The van der Waals surface area contributed by atoms with Gasteiger partial charge in [0.15, 0.2) is 0 Å². The molecule has 3 aromatic rings. The van der Waals surface area contributed by atoms with Crippen LogP contribution in [0.3, 0.4) is 0 Å². The van der Waals surface area contributed by atoms with Crippen molar-refractivity contribution >= 4 is 11.6 Å². The Kier molecular flexibility index (Phi) is 5.33. The van der Waals surface area contributed by atoms with Gasteiger partial charge >= 0.3 is 6.01 Å². The van der Waals surface area contributed by atoms with E-state index >= 15 is 0 Å². The van der Waals surface area contributed by atoms with Crippen LogP contribution in [0, 0.1) is 0 Å². The molecule has 0 unspecified atom stereocenters.